The Bertz CT molecular complexity index is 1300. The third kappa shape index (κ3) is 9.90. The van der Waals surface area contributed by atoms with Crippen molar-refractivity contribution in [2.24, 2.45) is 11.8 Å². The van der Waals surface area contributed by atoms with Gasteiger partial charge < -0.3 is 26.0 Å². The molecule has 2 fully saturated rings. The fraction of sp³-hybridized carbons (Fsp3) is 0.735. The topological polar surface area (TPSA) is 148 Å². The van der Waals surface area contributed by atoms with Crippen molar-refractivity contribution in [3.63, 3.8) is 0 Å². The predicted octanol–water partition coefficient (Wildman–Crippen LogP) is 2.72. The molecule has 4 amide bonds. The number of fused-ring (bicyclic) bond motifs is 1. The molecule has 0 spiro atoms. The van der Waals surface area contributed by atoms with Crippen LogP contribution in [0.15, 0.2) is 30.3 Å². The first-order valence-electron chi connectivity index (χ1n) is 16.6. The number of rotatable bonds is 12. The van der Waals surface area contributed by atoms with Crippen LogP contribution in [-0.2, 0) is 25.8 Å². The van der Waals surface area contributed by atoms with Crippen LogP contribution in [0.5, 0.6) is 0 Å². The first-order chi connectivity index (χ1) is 21.3. The summed E-state index contributed by atoms with van der Waals surface area (Å²) in [5.74, 6) is 0.125. The number of carbonyl (C=O) groups is 3. The normalized spacial score (nSPS) is 22.9. The summed E-state index contributed by atoms with van der Waals surface area (Å²) >= 11 is 0. The van der Waals surface area contributed by atoms with Crippen molar-refractivity contribution in [3.8, 4) is 0 Å². The summed E-state index contributed by atoms with van der Waals surface area (Å²) in [6.45, 7) is 11.6. The van der Waals surface area contributed by atoms with E-state index in [9.17, 15) is 27.9 Å². The van der Waals surface area contributed by atoms with E-state index in [-0.39, 0.29) is 18.9 Å². The molecular formula is C34H57N5O6S. The third-order valence-corrected chi connectivity index (χ3v) is 12.0. The van der Waals surface area contributed by atoms with Crippen LogP contribution in [-0.4, -0.2) is 109 Å². The fourth-order valence-electron chi connectivity index (χ4n) is 6.56. The second-order valence-electron chi connectivity index (χ2n) is 14.9. The molecule has 0 bridgehead atoms. The molecular weight excluding hydrogens is 606 g/mol. The molecule has 4 N–H and O–H groups in total. The van der Waals surface area contributed by atoms with E-state index in [0.717, 1.165) is 43.9 Å². The van der Waals surface area contributed by atoms with E-state index < -0.39 is 56.3 Å². The van der Waals surface area contributed by atoms with Gasteiger partial charge in [0.2, 0.25) is 11.8 Å². The van der Waals surface area contributed by atoms with Gasteiger partial charge in [-0.25, -0.2) is 13.2 Å². The highest BCUT2D eigenvalue weighted by Crippen LogP contribution is 2.39. The number of urea groups is 1. The van der Waals surface area contributed by atoms with E-state index in [0.29, 0.717) is 24.9 Å². The van der Waals surface area contributed by atoms with Gasteiger partial charge in [-0.3, -0.25) is 14.5 Å². The Morgan fingerprint density at radius 1 is 1.02 bits per heavy atom. The lowest BCUT2D eigenvalue weighted by Gasteiger charge is -2.47. The van der Waals surface area contributed by atoms with Crippen LogP contribution in [0.1, 0.15) is 79.2 Å². The van der Waals surface area contributed by atoms with Gasteiger partial charge in [0, 0.05) is 38.5 Å². The number of sulfone groups is 1. The van der Waals surface area contributed by atoms with Gasteiger partial charge >= 0.3 is 6.03 Å². The SMILES string of the molecule is CCN(C)C(=O)N[C@H](C(=O)N[C@@H](Cc1ccccc1)[C@H](O)CN1C[C@H]2CCCC[C@H]2C[C@H]1C(=O)NC(C)(C)C)C(C)(C)S(C)(=O)=O. The number of amides is 4. The van der Waals surface area contributed by atoms with E-state index in [1.165, 1.54) is 18.7 Å². The molecule has 1 saturated heterocycles. The van der Waals surface area contributed by atoms with Gasteiger partial charge in [-0.05, 0) is 78.2 Å². The fourth-order valence-corrected chi connectivity index (χ4v) is 7.15. The van der Waals surface area contributed by atoms with E-state index in [4.69, 9.17) is 0 Å². The zero-order valence-corrected chi connectivity index (χ0v) is 29.8. The van der Waals surface area contributed by atoms with E-state index in [1.54, 1.807) is 14.0 Å². The summed E-state index contributed by atoms with van der Waals surface area (Å²) in [5.41, 5.74) is 0.459. The lowest BCUT2D eigenvalue weighted by Crippen LogP contribution is -2.65. The van der Waals surface area contributed by atoms with E-state index in [2.05, 4.69) is 20.9 Å². The summed E-state index contributed by atoms with van der Waals surface area (Å²) in [4.78, 5) is 43.9. The highest BCUT2D eigenvalue weighted by atomic mass is 32.2. The molecule has 6 atom stereocenters. The van der Waals surface area contributed by atoms with Crippen LogP contribution in [0.2, 0.25) is 0 Å². The number of carbonyl (C=O) groups excluding carboxylic acids is 3. The van der Waals surface area contributed by atoms with Crippen molar-refractivity contribution >= 4 is 27.7 Å². The molecule has 1 aliphatic carbocycles. The number of nitrogens with zero attached hydrogens (tertiary/aromatic N) is 2. The summed E-state index contributed by atoms with van der Waals surface area (Å²) in [6, 6.07) is 6.16. The van der Waals surface area contributed by atoms with Gasteiger partial charge in [-0.15, -0.1) is 0 Å². The largest absolute Gasteiger partial charge is 0.390 e. The zero-order chi connectivity index (χ0) is 34.4. The van der Waals surface area contributed by atoms with Crippen molar-refractivity contribution in [1.82, 2.24) is 25.8 Å². The summed E-state index contributed by atoms with van der Waals surface area (Å²) in [6.07, 6.45) is 5.43. The van der Waals surface area contributed by atoms with Crippen LogP contribution in [0.4, 0.5) is 4.79 Å². The standard InChI is InChI=1S/C34H57N5O6S/c1-9-38(7)32(43)36-29(34(5,6)46(8,44)45)31(42)35-26(19-23-15-11-10-12-16-23)28(40)22-39-21-25-18-14-13-17-24(25)20-27(39)30(41)37-33(2,3)4/h10-12,15-16,24-29,40H,9,13-14,17-22H2,1-8H3,(H,35,42)(H,36,43)(H,37,41)/t24-,25+,26-,27-,28+,29+/m0/s1. The number of aliphatic hydroxyl groups excluding tert-OH is 1. The third-order valence-electron chi connectivity index (χ3n) is 9.82. The van der Waals surface area contributed by atoms with Crippen molar-refractivity contribution < 1.29 is 27.9 Å². The molecule has 1 aromatic carbocycles. The van der Waals surface area contributed by atoms with Crippen molar-refractivity contribution in [3.05, 3.63) is 35.9 Å². The average molecular weight is 664 g/mol. The van der Waals surface area contributed by atoms with Gasteiger partial charge in [0.1, 0.15) is 6.04 Å². The van der Waals surface area contributed by atoms with Crippen molar-refractivity contribution in [2.75, 3.05) is 32.9 Å². The number of aliphatic hydroxyl groups is 1. The first-order valence-corrected chi connectivity index (χ1v) is 18.5. The van der Waals surface area contributed by atoms with Crippen LogP contribution < -0.4 is 16.0 Å². The molecule has 1 aromatic rings. The molecule has 1 heterocycles. The Balaban J connectivity index is 1.93. The maximum absolute atomic E-state index is 14.0. The monoisotopic (exact) mass is 663 g/mol. The van der Waals surface area contributed by atoms with Crippen LogP contribution >= 0.6 is 0 Å². The number of benzene rings is 1. The van der Waals surface area contributed by atoms with Crippen LogP contribution in [0.25, 0.3) is 0 Å². The van der Waals surface area contributed by atoms with Crippen molar-refractivity contribution in [1.29, 1.82) is 0 Å². The second kappa shape index (κ2) is 15.5. The Morgan fingerprint density at radius 2 is 1.63 bits per heavy atom. The number of β-amino-alcohol motifs (C(OH)–C–C–N with tert-alkyl or cyclic N) is 1. The minimum absolute atomic E-state index is 0.0647. The zero-order valence-electron chi connectivity index (χ0n) is 29.0. The van der Waals surface area contributed by atoms with E-state index in [1.807, 2.05) is 51.1 Å². The number of hydrogen-bond donors (Lipinski definition) is 4. The lowest BCUT2D eigenvalue weighted by atomic mass is 9.72. The molecule has 3 rings (SSSR count). The maximum atomic E-state index is 14.0. The molecule has 0 radical (unpaired) electrons. The van der Waals surface area contributed by atoms with Gasteiger partial charge in [0.15, 0.2) is 9.84 Å². The summed E-state index contributed by atoms with van der Waals surface area (Å²) in [7, 11) is -2.26. The van der Waals surface area contributed by atoms with Crippen molar-refractivity contribution in [2.45, 2.75) is 115 Å². The molecule has 2 aliphatic rings. The molecule has 46 heavy (non-hydrogen) atoms. The molecule has 0 unspecified atom stereocenters. The predicted molar refractivity (Wildman–Crippen MR) is 181 cm³/mol. The average Bonchev–Trinajstić information content (AvgIpc) is 2.97. The lowest BCUT2D eigenvalue weighted by molar-refractivity contribution is -0.133. The van der Waals surface area contributed by atoms with Gasteiger partial charge in [-0.1, -0.05) is 49.6 Å². The summed E-state index contributed by atoms with van der Waals surface area (Å²) in [5, 5.41) is 20.5. The smallest absolute Gasteiger partial charge is 0.317 e. The quantitative estimate of drug-likeness (QED) is 0.269. The van der Waals surface area contributed by atoms with Crippen LogP contribution in [0, 0.1) is 11.8 Å². The minimum atomic E-state index is -3.81. The van der Waals surface area contributed by atoms with Gasteiger partial charge in [0.25, 0.3) is 0 Å². The molecule has 1 saturated carbocycles. The Labute approximate surface area is 276 Å². The molecule has 11 nitrogen and oxygen atoms in total. The number of nitrogens with one attached hydrogen (secondary N) is 3. The first kappa shape index (κ1) is 37.8. The van der Waals surface area contributed by atoms with E-state index >= 15 is 0 Å². The van der Waals surface area contributed by atoms with Gasteiger partial charge in [0.05, 0.1) is 22.9 Å². The Morgan fingerprint density at radius 3 is 2.20 bits per heavy atom. The number of hydrogen-bond acceptors (Lipinski definition) is 7. The number of piperidine rings is 1. The minimum Gasteiger partial charge on any atom is -0.390 e. The van der Waals surface area contributed by atoms with Crippen LogP contribution in [0.3, 0.4) is 0 Å². The molecule has 260 valence electrons. The molecule has 0 aromatic heterocycles. The molecule has 12 heteroatoms. The second-order valence-corrected chi connectivity index (χ2v) is 17.5. The molecule has 1 aliphatic heterocycles. The van der Waals surface area contributed by atoms with Gasteiger partial charge in [-0.2, -0.15) is 0 Å². The number of likely N-dealkylation sites (tertiary alicyclic amines) is 1. The Kier molecular flexibility index (Phi) is 12.7. The Hall–Kier alpha value is -2.70. The highest BCUT2D eigenvalue weighted by molar-refractivity contribution is 7.92. The highest BCUT2D eigenvalue weighted by Gasteiger charge is 2.46. The maximum Gasteiger partial charge on any atom is 0.317 e. The summed E-state index contributed by atoms with van der Waals surface area (Å²) < 4.78 is 24.1.